The highest BCUT2D eigenvalue weighted by Crippen LogP contribution is 2.29. The molecule has 0 atom stereocenters. The van der Waals surface area contributed by atoms with E-state index >= 15 is 0 Å². The van der Waals surface area contributed by atoms with Gasteiger partial charge in [0.2, 0.25) is 0 Å². The van der Waals surface area contributed by atoms with Crippen LogP contribution in [-0.2, 0) is 14.3 Å². The lowest BCUT2D eigenvalue weighted by atomic mass is 9.98. The third kappa shape index (κ3) is 3.28. The fourth-order valence-corrected chi connectivity index (χ4v) is 2.14. The van der Waals surface area contributed by atoms with Crippen molar-refractivity contribution in [2.75, 3.05) is 27.3 Å². The fourth-order valence-electron chi connectivity index (χ4n) is 2.14. The van der Waals surface area contributed by atoms with Crippen molar-refractivity contribution in [3.63, 3.8) is 0 Å². The highest BCUT2D eigenvalue weighted by atomic mass is 16.7. The van der Waals surface area contributed by atoms with Gasteiger partial charge in [0.1, 0.15) is 0 Å². The van der Waals surface area contributed by atoms with Crippen LogP contribution in [0.25, 0.3) is 0 Å². The molecular weight excluding hydrogens is 220 g/mol. The highest BCUT2D eigenvalue weighted by Gasteiger charge is 2.38. The van der Waals surface area contributed by atoms with E-state index in [-0.39, 0.29) is 12.5 Å². The number of ether oxygens (including phenoxy) is 2. The maximum atomic E-state index is 12.0. The minimum Gasteiger partial charge on any atom is -0.352 e. The smallest absolute Gasteiger partial charge is 0.252 e. The summed E-state index contributed by atoms with van der Waals surface area (Å²) in [6.07, 6.45) is 5.32. The van der Waals surface area contributed by atoms with Crippen LogP contribution < -0.4 is 11.1 Å². The van der Waals surface area contributed by atoms with Crippen molar-refractivity contribution >= 4 is 5.91 Å². The number of hydrogen-bond acceptors (Lipinski definition) is 4. The van der Waals surface area contributed by atoms with Crippen LogP contribution in [0.2, 0.25) is 0 Å². The lowest BCUT2D eigenvalue weighted by Gasteiger charge is -2.32. The summed E-state index contributed by atoms with van der Waals surface area (Å²) in [6.45, 7) is 0.974. The summed E-state index contributed by atoms with van der Waals surface area (Å²) in [5.41, 5.74) is 5.99. The lowest BCUT2D eigenvalue weighted by Crippen LogP contribution is -2.43. The molecule has 0 aromatic carbocycles. The second-order valence-electron chi connectivity index (χ2n) is 4.08. The molecule has 3 N–H and O–H groups in total. The summed E-state index contributed by atoms with van der Waals surface area (Å²) in [4.78, 5) is 12.0. The number of amides is 1. The van der Waals surface area contributed by atoms with E-state index in [4.69, 9.17) is 15.2 Å². The van der Waals surface area contributed by atoms with Crippen LogP contribution in [0.4, 0.5) is 0 Å². The van der Waals surface area contributed by atoms with Gasteiger partial charge >= 0.3 is 0 Å². The lowest BCUT2D eigenvalue weighted by molar-refractivity contribution is -0.185. The summed E-state index contributed by atoms with van der Waals surface area (Å²) in [5, 5.41) is 2.86. The van der Waals surface area contributed by atoms with Gasteiger partial charge in [-0.2, -0.15) is 0 Å². The molecule has 5 nitrogen and oxygen atoms in total. The van der Waals surface area contributed by atoms with E-state index in [0.717, 1.165) is 19.3 Å². The van der Waals surface area contributed by atoms with Gasteiger partial charge in [-0.1, -0.05) is 12.5 Å². The van der Waals surface area contributed by atoms with Gasteiger partial charge in [-0.05, 0) is 12.8 Å². The van der Waals surface area contributed by atoms with Crippen LogP contribution in [-0.4, -0.2) is 39.0 Å². The molecule has 0 radical (unpaired) electrons. The van der Waals surface area contributed by atoms with Crippen LogP contribution in [0.5, 0.6) is 0 Å². The number of nitrogens with one attached hydrogen (secondary N) is 1. The third-order valence-electron chi connectivity index (χ3n) is 3.10. The van der Waals surface area contributed by atoms with Crippen molar-refractivity contribution in [3.05, 3.63) is 11.6 Å². The molecule has 1 amide bonds. The zero-order valence-electron chi connectivity index (χ0n) is 10.6. The standard InChI is InChI=1S/C12H22N2O3/c1-16-12(17-2)7-4-3-5-9-14-11(15)10(12)6-8-13/h6H,3-5,7-9,13H2,1-2H3,(H,14,15)/b10-6+. The second-order valence-corrected chi connectivity index (χ2v) is 4.08. The Balaban J connectivity index is 3.06. The van der Waals surface area contributed by atoms with E-state index in [0.29, 0.717) is 18.5 Å². The highest BCUT2D eigenvalue weighted by molar-refractivity contribution is 5.95. The first-order valence-corrected chi connectivity index (χ1v) is 5.99. The van der Waals surface area contributed by atoms with Gasteiger partial charge in [0.05, 0.1) is 5.57 Å². The maximum absolute atomic E-state index is 12.0. The predicted molar refractivity (Wildman–Crippen MR) is 65.4 cm³/mol. The zero-order chi connectivity index (χ0) is 12.7. The van der Waals surface area contributed by atoms with E-state index in [1.54, 1.807) is 20.3 Å². The quantitative estimate of drug-likeness (QED) is 0.560. The molecular formula is C12H22N2O3. The molecule has 1 aliphatic rings. The molecule has 0 bridgehead atoms. The molecule has 1 fully saturated rings. The van der Waals surface area contributed by atoms with Crippen LogP contribution in [0.3, 0.4) is 0 Å². The van der Waals surface area contributed by atoms with Crippen molar-refractivity contribution in [2.24, 2.45) is 5.73 Å². The van der Waals surface area contributed by atoms with Gasteiger partial charge in [-0.3, -0.25) is 4.79 Å². The van der Waals surface area contributed by atoms with Gasteiger partial charge in [-0.15, -0.1) is 0 Å². The topological polar surface area (TPSA) is 73.6 Å². The van der Waals surface area contributed by atoms with Gasteiger partial charge < -0.3 is 20.5 Å². The van der Waals surface area contributed by atoms with Crippen molar-refractivity contribution < 1.29 is 14.3 Å². The number of nitrogens with two attached hydrogens (primary N) is 1. The first-order valence-electron chi connectivity index (χ1n) is 5.99. The maximum Gasteiger partial charge on any atom is 0.252 e. The molecule has 17 heavy (non-hydrogen) atoms. The largest absolute Gasteiger partial charge is 0.352 e. The van der Waals surface area contributed by atoms with Crippen molar-refractivity contribution in [3.8, 4) is 0 Å². The van der Waals surface area contributed by atoms with Gasteiger partial charge in [-0.25, -0.2) is 0 Å². The van der Waals surface area contributed by atoms with Crippen molar-refractivity contribution in [1.29, 1.82) is 0 Å². The molecule has 1 saturated heterocycles. The Hall–Kier alpha value is -0.910. The SMILES string of the molecule is COC1(OC)CCCCCNC(=O)/C1=C\CN. The molecule has 1 rings (SSSR count). The molecule has 0 aromatic rings. The molecule has 0 saturated carbocycles. The summed E-state index contributed by atoms with van der Waals surface area (Å²) in [6, 6.07) is 0. The number of hydrogen-bond donors (Lipinski definition) is 2. The molecule has 0 unspecified atom stereocenters. The minimum absolute atomic E-state index is 0.152. The van der Waals surface area contributed by atoms with E-state index in [2.05, 4.69) is 5.32 Å². The third-order valence-corrected chi connectivity index (χ3v) is 3.10. The molecule has 0 aromatic heterocycles. The van der Waals surface area contributed by atoms with Gasteiger partial charge in [0.25, 0.3) is 5.91 Å². The summed E-state index contributed by atoms with van der Waals surface area (Å²) >= 11 is 0. The summed E-state index contributed by atoms with van der Waals surface area (Å²) < 4.78 is 10.9. The number of carbonyl (C=O) groups is 1. The molecule has 0 spiro atoms. The van der Waals surface area contributed by atoms with Crippen LogP contribution in [0.15, 0.2) is 11.6 Å². The molecule has 0 aliphatic carbocycles. The second kappa shape index (κ2) is 6.74. The fraction of sp³-hybridized carbons (Fsp3) is 0.750. The van der Waals surface area contributed by atoms with Gasteiger partial charge in [0.15, 0.2) is 5.79 Å². The van der Waals surface area contributed by atoms with E-state index in [1.165, 1.54) is 0 Å². The van der Waals surface area contributed by atoms with E-state index < -0.39 is 5.79 Å². The van der Waals surface area contributed by atoms with Gasteiger partial charge in [0, 0.05) is 33.7 Å². The molecule has 98 valence electrons. The first-order chi connectivity index (χ1) is 8.20. The number of methoxy groups -OCH3 is 2. The summed E-state index contributed by atoms with van der Waals surface area (Å²) in [5.74, 6) is -1.12. The van der Waals surface area contributed by atoms with Crippen LogP contribution >= 0.6 is 0 Å². The van der Waals surface area contributed by atoms with Crippen LogP contribution in [0.1, 0.15) is 25.7 Å². The molecule has 5 heteroatoms. The number of rotatable bonds is 3. The normalized spacial score (nSPS) is 23.7. The molecule has 1 aliphatic heterocycles. The van der Waals surface area contributed by atoms with Crippen molar-refractivity contribution in [2.45, 2.75) is 31.5 Å². The molecule has 1 heterocycles. The average molecular weight is 242 g/mol. The Morgan fingerprint density at radius 3 is 2.65 bits per heavy atom. The number of carbonyl (C=O) groups excluding carboxylic acids is 1. The van der Waals surface area contributed by atoms with E-state index in [9.17, 15) is 4.79 Å². The van der Waals surface area contributed by atoms with Crippen LogP contribution in [0, 0.1) is 0 Å². The van der Waals surface area contributed by atoms with Crippen molar-refractivity contribution in [1.82, 2.24) is 5.32 Å². The predicted octanol–water partition coefficient (Wildman–Crippen LogP) is 0.551. The Bertz CT molecular complexity index is 285. The Labute approximate surface area is 102 Å². The monoisotopic (exact) mass is 242 g/mol. The Kier molecular flexibility index (Phi) is 5.61. The van der Waals surface area contributed by atoms with E-state index in [1.807, 2.05) is 0 Å². The Morgan fingerprint density at radius 2 is 2.06 bits per heavy atom. The zero-order valence-corrected chi connectivity index (χ0v) is 10.6. The average Bonchev–Trinajstić information content (AvgIpc) is 2.42. The summed E-state index contributed by atoms with van der Waals surface area (Å²) in [7, 11) is 3.11. The Morgan fingerprint density at radius 1 is 1.35 bits per heavy atom. The minimum atomic E-state index is -0.964. The first kappa shape index (κ1) is 14.2.